The fourth-order valence-electron chi connectivity index (χ4n) is 0.929. The Morgan fingerprint density at radius 2 is 2.46 bits per heavy atom. The molecule has 0 radical (unpaired) electrons. The SMILES string of the molecule is Cc1cscc1CNCC(N)=NO. The molecule has 0 unspecified atom stereocenters. The highest BCUT2D eigenvalue weighted by Gasteiger charge is 1.98. The van der Waals surface area contributed by atoms with Crippen molar-refractivity contribution in [3.8, 4) is 0 Å². The first-order chi connectivity index (χ1) is 6.24. The molecule has 1 aromatic heterocycles. The lowest BCUT2D eigenvalue weighted by molar-refractivity contribution is 0.317. The summed E-state index contributed by atoms with van der Waals surface area (Å²) in [4.78, 5) is 0. The van der Waals surface area contributed by atoms with Crippen LogP contribution in [0.2, 0.25) is 0 Å². The van der Waals surface area contributed by atoms with Crippen LogP contribution in [0.1, 0.15) is 11.1 Å². The number of hydrogen-bond donors (Lipinski definition) is 3. The first kappa shape index (κ1) is 10.0. The lowest BCUT2D eigenvalue weighted by atomic mass is 10.2. The Balaban J connectivity index is 2.32. The van der Waals surface area contributed by atoms with Crippen LogP contribution in [0.4, 0.5) is 0 Å². The van der Waals surface area contributed by atoms with Crippen molar-refractivity contribution in [2.24, 2.45) is 10.9 Å². The Hall–Kier alpha value is -1.07. The number of hydrogen-bond acceptors (Lipinski definition) is 4. The number of oxime groups is 1. The van der Waals surface area contributed by atoms with E-state index in [0.29, 0.717) is 6.54 Å². The number of nitrogens with two attached hydrogens (primary N) is 1. The van der Waals surface area contributed by atoms with Crippen molar-refractivity contribution in [3.63, 3.8) is 0 Å². The smallest absolute Gasteiger partial charge is 0.153 e. The van der Waals surface area contributed by atoms with Crippen molar-refractivity contribution in [1.82, 2.24) is 5.32 Å². The van der Waals surface area contributed by atoms with E-state index in [0.717, 1.165) is 6.54 Å². The summed E-state index contributed by atoms with van der Waals surface area (Å²) in [5, 5.41) is 18.4. The van der Waals surface area contributed by atoms with E-state index in [1.54, 1.807) is 11.3 Å². The molecule has 0 spiro atoms. The monoisotopic (exact) mass is 199 g/mol. The lowest BCUT2D eigenvalue weighted by Gasteiger charge is -2.02. The molecule has 5 heteroatoms. The van der Waals surface area contributed by atoms with Gasteiger partial charge in [0.1, 0.15) is 0 Å². The maximum absolute atomic E-state index is 8.27. The molecule has 0 aliphatic carbocycles. The van der Waals surface area contributed by atoms with Gasteiger partial charge >= 0.3 is 0 Å². The molecular formula is C8H13N3OS. The number of rotatable bonds is 4. The largest absolute Gasteiger partial charge is 0.409 e. The zero-order chi connectivity index (χ0) is 9.68. The highest BCUT2D eigenvalue weighted by molar-refractivity contribution is 7.08. The second kappa shape index (κ2) is 4.84. The maximum Gasteiger partial charge on any atom is 0.153 e. The van der Waals surface area contributed by atoms with Crippen LogP contribution < -0.4 is 11.1 Å². The van der Waals surface area contributed by atoms with Gasteiger partial charge in [-0.3, -0.25) is 0 Å². The standard InChI is InChI=1S/C8H13N3OS/c1-6-4-13-5-7(6)2-10-3-8(9)11-12/h4-5,10,12H,2-3H2,1H3,(H2,9,11). The zero-order valence-electron chi connectivity index (χ0n) is 7.45. The van der Waals surface area contributed by atoms with Gasteiger partial charge in [0, 0.05) is 6.54 Å². The van der Waals surface area contributed by atoms with Crippen LogP contribution in [0.25, 0.3) is 0 Å². The third-order valence-electron chi connectivity index (χ3n) is 1.71. The Morgan fingerprint density at radius 1 is 1.69 bits per heavy atom. The molecule has 4 nitrogen and oxygen atoms in total. The van der Waals surface area contributed by atoms with Crippen LogP contribution in [0.5, 0.6) is 0 Å². The molecule has 0 aromatic carbocycles. The van der Waals surface area contributed by atoms with Gasteiger partial charge in [0.15, 0.2) is 5.84 Å². The highest BCUT2D eigenvalue weighted by atomic mass is 32.1. The van der Waals surface area contributed by atoms with Crippen molar-refractivity contribution in [2.45, 2.75) is 13.5 Å². The number of thiophene rings is 1. The average molecular weight is 199 g/mol. The molecule has 0 fully saturated rings. The topological polar surface area (TPSA) is 70.6 Å². The summed E-state index contributed by atoms with van der Waals surface area (Å²) in [5.41, 5.74) is 7.83. The summed E-state index contributed by atoms with van der Waals surface area (Å²) in [6.45, 7) is 3.23. The summed E-state index contributed by atoms with van der Waals surface area (Å²) < 4.78 is 0. The van der Waals surface area contributed by atoms with Gasteiger partial charge in [-0.2, -0.15) is 11.3 Å². The summed E-state index contributed by atoms with van der Waals surface area (Å²) in [7, 11) is 0. The minimum absolute atomic E-state index is 0.202. The van der Waals surface area contributed by atoms with E-state index in [4.69, 9.17) is 10.9 Å². The summed E-state index contributed by atoms with van der Waals surface area (Å²) in [5.74, 6) is 0.202. The molecular weight excluding hydrogens is 186 g/mol. The number of amidine groups is 1. The molecule has 0 aliphatic rings. The van der Waals surface area contributed by atoms with Gasteiger partial charge in [0.05, 0.1) is 6.54 Å². The highest BCUT2D eigenvalue weighted by Crippen LogP contribution is 2.12. The first-order valence-corrected chi connectivity index (χ1v) is 4.87. The van der Waals surface area contributed by atoms with E-state index < -0.39 is 0 Å². The molecule has 1 rings (SSSR count). The quantitative estimate of drug-likeness (QED) is 0.292. The fourth-order valence-corrected chi connectivity index (χ4v) is 1.79. The Kier molecular flexibility index (Phi) is 3.72. The predicted molar refractivity (Wildman–Crippen MR) is 54.2 cm³/mol. The second-order valence-electron chi connectivity index (χ2n) is 2.77. The molecule has 0 amide bonds. The van der Waals surface area contributed by atoms with Gasteiger partial charge in [0.2, 0.25) is 0 Å². The van der Waals surface area contributed by atoms with Crippen LogP contribution >= 0.6 is 11.3 Å². The Bertz CT molecular complexity index is 295. The minimum Gasteiger partial charge on any atom is -0.409 e. The normalized spacial score (nSPS) is 11.9. The first-order valence-electron chi connectivity index (χ1n) is 3.93. The molecule has 1 heterocycles. The molecule has 4 N–H and O–H groups in total. The maximum atomic E-state index is 8.27. The minimum atomic E-state index is 0.202. The molecule has 0 atom stereocenters. The van der Waals surface area contributed by atoms with Crippen LogP contribution in [-0.2, 0) is 6.54 Å². The Morgan fingerprint density at radius 3 is 3.00 bits per heavy atom. The summed E-state index contributed by atoms with van der Waals surface area (Å²) in [6, 6.07) is 0. The van der Waals surface area contributed by atoms with Gasteiger partial charge in [-0.1, -0.05) is 5.16 Å². The zero-order valence-corrected chi connectivity index (χ0v) is 8.27. The second-order valence-corrected chi connectivity index (χ2v) is 3.52. The van der Waals surface area contributed by atoms with Crippen LogP contribution in [0, 0.1) is 6.92 Å². The van der Waals surface area contributed by atoms with Crippen molar-refractivity contribution in [3.05, 3.63) is 21.9 Å². The van der Waals surface area contributed by atoms with E-state index in [9.17, 15) is 0 Å². The molecule has 0 saturated carbocycles. The van der Waals surface area contributed by atoms with E-state index in [-0.39, 0.29) is 5.84 Å². The number of aryl methyl sites for hydroxylation is 1. The third kappa shape index (κ3) is 3.04. The van der Waals surface area contributed by atoms with Gasteiger partial charge in [-0.15, -0.1) is 0 Å². The molecule has 72 valence electrons. The van der Waals surface area contributed by atoms with E-state index in [1.165, 1.54) is 11.1 Å². The van der Waals surface area contributed by atoms with Crippen LogP contribution in [-0.4, -0.2) is 17.6 Å². The van der Waals surface area contributed by atoms with Crippen molar-refractivity contribution in [1.29, 1.82) is 0 Å². The fraction of sp³-hybridized carbons (Fsp3) is 0.375. The van der Waals surface area contributed by atoms with Gasteiger partial charge in [0.25, 0.3) is 0 Å². The van der Waals surface area contributed by atoms with Crippen molar-refractivity contribution < 1.29 is 5.21 Å². The van der Waals surface area contributed by atoms with E-state index >= 15 is 0 Å². The lowest BCUT2D eigenvalue weighted by Crippen LogP contribution is -2.28. The van der Waals surface area contributed by atoms with Crippen LogP contribution in [0.3, 0.4) is 0 Å². The van der Waals surface area contributed by atoms with Crippen molar-refractivity contribution >= 4 is 17.2 Å². The Labute approximate surface area is 81.1 Å². The summed E-state index contributed by atoms with van der Waals surface area (Å²) in [6.07, 6.45) is 0. The molecule has 0 bridgehead atoms. The predicted octanol–water partition coefficient (Wildman–Crippen LogP) is 0.893. The molecule has 13 heavy (non-hydrogen) atoms. The number of nitrogens with zero attached hydrogens (tertiary/aromatic N) is 1. The average Bonchev–Trinajstić information content (AvgIpc) is 2.52. The molecule has 0 saturated heterocycles. The van der Waals surface area contributed by atoms with Gasteiger partial charge in [-0.05, 0) is 28.8 Å². The summed E-state index contributed by atoms with van der Waals surface area (Å²) >= 11 is 1.68. The van der Waals surface area contributed by atoms with Gasteiger partial charge < -0.3 is 16.3 Å². The number of nitrogens with one attached hydrogen (secondary N) is 1. The van der Waals surface area contributed by atoms with E-state index in [1.807, 2.05) is 0 Å². The van der Waals surface area contributed by atoms with Gasteiger partial charge in [-0.25, -0.2) is 0 Å². The third-order valence-corrected chi connectivity index (χ3v) is 2.62. The van der Waals surface area contributed by atoms with Crippen LogP contribution in [0.15, 0.2) is 15.9 Å². The molecule has 0 aliphatic heterocycles. The molecule has 1 aromatic rings. The van der Waals surface area contributed by atoms with Crippen molar-refractivity contribution in [2.75, 3.05) is 6.54 Å². The van der Waals surface area contributed by atoms with E-state index in [2.05, 4.69) is 28.2 Å².